The van der Waals surface area contributed by atoms with Crippen molar-refractivity contribution in [3.05, 3.63) is 11.6 Å². The number of amides is 2. The van der Waals surface area contributed by atoms with E-state index in [2.05, 4.69) is 27.0 Å². The van der Waals surface area contributed by atoms with Crippen molar-refractivity contribution in [2.24, 2.45) is 5.41 Å². The van der Waals surface area contributed by atoms with Crippen LogP contribution in [-0.4, -0.2) is 38.8 Å². The van der Waals surface area contributed by atoms with E-state index in [1.165, 1.54) is 44.9 Å². The lowest BCUT2D eigenvalue weighted by atomic mass is 10.0. The summed E-state index contributed by atoms with van der Waals surface area (Å²) >= 11 is 0. The Morgan fingerprint density at radius 2 is 2.08 bits per heavy atom. The molecule has 6 nitrogen and oxygen atoms in total. The summed E-state index contributed by atoms with van der Waals surface area (Å²) in [6.45, 7) is 4.90. The molecule has 0 spiro atoms. The van der Waals surface area contributed by atoms with Crippen LogP contribution in [0.1, 0.15) is 82.4 Å². The van der Waals surface area contributed by atoms with Gasteiger partial charge in [-0.05, 0) is 50.4 Å². The fourth-order valence-electron chi connectivity index (χ4n) is 4.62. The number of hydrogen-bond donors (Lipinski definition) is 1. The fourth-order valence-corrected chi connectivity index (χ4v) is 4.62. The second-order valence-electron chi connectivity index (χ2n) is 8.20. The average molecular weight is 345 g/mol. The Bertz CT molecular complexity index is 621. The first-order valence-electron chi connectivity index (χ1n) is 10.2. The molecule has 1 aromatic rings. The van der Waals surface area contributed by atoms with Crippen LogP contribution in [0.3, 0.4) is 0 Å². The maximum atomic E-state index is 12.8. The molecule has 1 saturated carbocycles. The molecule has 1 saturated heterocycles. The zero-order valence-corrected chi connectivity index (χ0v) is 15.5. The number of aromatic nitrogens is 3. The SMILES string of the molecule is CCCC1(CNC(=O)N2CCC[C@@H]2c2nnc3n2CCCCC3)CC1. The number of nitrogens with zero attached hydrogens (tertiary/aromatic N) is 4. The quantitative estimate of drug-likeness (QED) is 0.889. The molecule has 3 aliphatic rings. The maximum absolute atomic E-state index is 12.8. The molecular weight excluding hydrogens is 314 g/mol. The van der Waals surface area contributed by atoms with Crippen molar-refractivity contribution in [1.29, 1.82) is 0 Å². The summed E-state index contributed by atoms with van der Waals surface area (Å²) in [7, 11) is 0. The van der Waals surface area contributed by atoms with Gasteiger partial charge < -0.3 is 14.8 Å². The lowest BCUT2D eigenvalue weighted by Gasteiger charge is -2.26. The van der Waals surface area contributed by atoms with Crippen molar-refractivity contribution in [3.8, 4) is 0 Å². The summed E-state index contributed by atoms with van der Waals surface area (Å²) in [6.07, 6.45) is 11.7. The van der Waals surface area contributed by atoms with Crippen molar-refractivity contribution >= 4 is 6.03 Å². The highest BCUT2D eigenvalue weighted by Crippen LogP contribution is 2.49. The number of aryl methyl sites for hydroxylation is 1. The topological polar surface area (TPSA) is 63.1 Å². The molecule has 1 atom stereocenters. The molecule has 0 bridgehead atoms. The van der Waals surface area contributed by atoms with Gasteiger partial charge in [-0.25, -0.2) is 4.79 Å². The van der Waals surface area contributed by atoms with E-state index in [0.717, 1.165) is 50.5 Å². The van der Waals surface area contributed by atoms with Crippen LogP contribution in [0.5, 0.6) is 0 Å². The number of urea groups is 1. The normalized spacial score (nSPS) is 24.7. The Morgan fingerprint density at radius 3 is 2.88 bits per heavy atom. The van der Waals surface area contributed by atoms with E-state index < -0.39 is 0 Å². The van der Waals surface area contributed by atoms with Gasteiger partial charge in [-0.3, -0.25) is 0 Å². The Morgan fingerprint density at radius 1 is 1.20 bits per heavy atom. The van der Waals surface area contributed by atoms with Gasteiger partial charge in [-0.2, -0.15) is 0 Å². The van der Waals surface area contributed by atoms with Crippen LogP contribution in [-0.2, 0) is 13.0 Å². The lowest BCUT2D eigenvalue weighted by molar-refractivity contribution is 0.186. The highest BCUT2D eigenvalue weighted by Gasteiger charge is 2.42. The first kappa shape index (κ1) is 16.9. The molecule has 138 valence electrons. The number of fused-ring (bicyclic) bond motifs is 1. The zero-order chi connectivity index (χ0) is 17.3. The number of carbonyl (C=O) groups excluding carboxylic acids is 1. The molecule has 1 N–H and O–H groups in total. The van der Waals surface area contributed by atoms with E-state index >= 15 is 0 Å². The zero-order valence-electron chi connectivity index (χ0n) is 15.5. The first-order valence-corrected chi connectivity index (χ1v) is 10.2. The fraction of sp³-hybridized carbons (Fsp3) is 0.842. The number of rotatable bonds is 5. The van der Waals surface area contributed by atoms with Gasteiger partial charge >= 0.3 is 6.03 Å². The van der Waals surface area contributed by atoms with Gasteiger partial charge in [0.15, 0.2) is 5.82 Å². The van der Waals surface area contributed by atoms with Crippen LogP contribution in [0.2, 0.25) is 0 Å². The minimum atomic E-state index is 0.0934. The summed E-state index contributed by atoms with van der Waals surface area (Å²) in [4.78, 5) is 14.8. The third-order valence-corrected chi connectivity index (χ3v) is 6.30. The van der Waals surface area contributed by atoms with E-state index in [4.69, 9.17) is 0 Å². The Hall–Kier alpha value is -1.59. The van der Waals surface area contributed by atoms with Gasteiger partial charge in [0.05, 0.1) is 6.04 Å². The second-order valence-corrected chi connectivity index (χ2v) is 8.20. The minimum Gasteiger partial charge on any atom is -0.337 e. The Balaban J connectivity index is 1.44. The molecule has 2 fully saturated rings. The summed E-state index contributed by atoms with van der Waals surface area (Å²) < 4.78 is 2.29. The predicted octanol–water partition coefficient (Wildman–Crippen LogP) is 3.43. The Labute approximate surface area is 150 Å². The standard InChI is InChI=1S/C19H31N5O/c1-2-9-19(10-11-19)14-20-18(25)23-13-6-7-15(23)17-22-21-16-8-4-3-5-12-24(16)17/h15H,2-14H2,1H3,(H,20,25)/t15-/m1/s1. The van der Waals surface area contributed by atoms with Gasteiger partial charge in [0, 0.05) is 26.1 Å². The molecule has 3 heterocycles. The first-order chi connectivity index (χ1) is 12.2. The molecule has 1 aliphatic carbocycles. The monoisotopic (exact) mass is 345 g/mol. The smallest absolute Gasteiger partial charge is 0.318 e. The van der Waals surface area contributed by atoms with Gasteiger partial charge in [0.2, 0.25) is 0 Å². The number of nitrogens with one attached hydrogen (secondary N) is 1. The van der Waals surface area contributed by atoms with Crippen LogP contribution in [0.15, 0.2) is 0 Å². The van der Waals surface area contributed by atoms with Crippen molar-refractivity contribution in [2.45, 2.75) is 83.7 Å². The van der Waals surface area contributed by atoms with E-state index in [1.807, 2.05) is 4.90 Å². The lowest BCUT2D eigenvalue weighted by Crippen LogP contribution is -2.42. The van der Waals surface area contributed by atoms with E-state index in [0.29, 0.717) is 5.41 Å². The van der Waals surface area contributed by atoms with Crippen molar-refractivity contribution in [1.82, 2.24) is 25.0 Å². The molecule has 2 aliphatic heterocycles. The summed E-state index contributed by atoms with van der Waals surface area (Å²) in [5.74, 6) is 2.12. The van der Waals surface area contributed by atoms with Crippen LogP contribution in [0, 0.1) is 5.41 Å². The predicted molar refractivity (Wildman–Crippen MR) is 96.2 cm³/mol. The maximum Gasteiger partial charge on any atom is 0.318 e. The van der Waals surface area contributed by atoms with Gasteiger partial charge in [-0.15, -0.1) is 10.2 Å². The Kier molecular flexibility index (Phi) is 4.69. The molecule has 0 radical (unpaired) electrons. The van der Waals surface area contributed by atoms with Gasteiger partial charge in [0.1, 0.15) is 5.82 Å². The molecule has 25 heavy (non-hydrogen) atoms. The third kappa shape index (κ3) is 3.40. The number of likely N-dealkylation sites (tertiary alicyclic amines) is 1. The van der Waals surface area contributed by atoms with Crippen molar-refractivity contribution < 1.29 is 4.79 Å². The molecule has 2 amide bonds. The molecule has 1 aromatic heterocycles. The van der Waals surface area contributed by atoms with E-state index in [9.17, 15) is 4.79 Å². The minimum absolute atomic E-state index is 0.0934. The molecule has 4 rings (SSSR count). The largest absolute Gasteiger partial charge is 0.337 e. The molecular formula is C19H31N5O. The third-order valence-electron chi connectivity index (χ3n) is 6.30. The molecule has 0 aromatic carbocycles. The highest BCUT2D eigenvalue weighted by molar-refractivity contribution is 5.75. The van der Waals surface area contributed by atoms with E-state index in [1.54, 1.807) is 0 Å². The van der Waals surface area contributed by atoms with Crippen LogP contribution >= 0.6 is 0 Å². The van der Waals surface area contributed by atoms with Gasteiger partial charge in [-0.1, -0.05) is 19.8 Å². The summed E-state index contributed by atoms with van der Waals surface area (Å²) in [6, 6.07) is 0.191. The second kappa shape index (κ2) is 6.96. The van der Waals surface area contributed by atoms with Gasteiger partial charge in [0.25, 0.3) is 0 Å². The average Bonchev–Trinajstić information content (AvgIpc) is 3.11. The number of carbonyl (C=O) groups is 1. The van der Waals surface area contributed by atoms with Crippen molar-refractivity contribution in [2.75, 3.05) is 13.1 Å². The van der Waals surface area contributed by atoms with E-state index in [-0.39, 0.29) is 12.1 Å². The summed E-state index contributed by atoms with van der Waals surface area (Å²) in [5, 5.41) is 12.2. The highest BCUT2D eigenvalue weighted by atomic mass is 16.2. The summed E-state index contributed by atoms with van der Waals surface area (Å²) in [5.41, 5.74) is 0.394. The number of hydrogen-bond acceptors (Lipinski definition) is 3. The van der Waals surface area contributed by atoms with Crippen LogP contribution in [0.4, 0.5) is 4.79 Å². The molecule has 6 heteroatoms. The van der Waals surface area contributed by atoms with Crippen LogP contribution in [0.25, 0.3) is 0 Å². The van der Waals surface area contributed by atoms with Crippen molar-refractivity contribution in [3.63, 3.8) is 0 Å². The van der Waals surface area contributed by atoms with Crippen LogP contribution < -0.4 is 5.32 Å². The molecule has 0 unspecified atom stereocenters.